The van der Waals surface area contributed by atoms with Gasteiger partial charge in [-0.05, 0) is 38.3 Å². The third-order valence-electron chi connectivity index (χ3n) is 6.59. The molecule has 162 valence electrons. The molecule has 1 saturated carbocycles. The Morgan fingerprint density at radius 3 is 2.38 bits per heavy atom. The van der Waals surface area contributed by atoms with E-state index in [0.717, 1.165) is 45.2 Å². The number of anilines is 1. The number of halogens is 1. The predicted molar refractivity (Wildman–Crippen MR) is 118 cm³/mol. The molecule has 1 aromatic rings. The average Bonchev–Trinajstić information content (AvgIpc) is 2.73. The Morgan fingerprint density at radius 1 is 1.14 bits per heavy atom. The van der Waals surface area contributed by atoms with E-state index in [1.54, 1.807) is 29.4 Å². The Morgan fingerprint density at radius 2 is 1.79 bits per heavy atom. The average molecular weight is 442 g/mol. The summed E-state index contributed by atoms with van der Waals surface area (Å²) in [5.41, 5.74) is 6.82. The summed E-state index contributed by atoms with van der Waals surface area (Å²) in [5.74, 6) is 0.136. The summed E-state index contributed by atoms with van der Waals surface area (Å²) in [5, 5.41) is 0.408. The fraction of sp³-hybridized carbons (Fsp3) is 0.667. The van der Waals surface area contributed by atoms with Gasteiger partial charge in [0.1, 0.15) is 0 Å². The molecular formula is C21H32ClN3O3S. The number of hydrogen-bond donors (Lipinski definition) is 1. The standard InChI is InChI=1S/C21H32ClN3O3S/c1-2-29(27,28)25-15-13-24(14-16-25)21(10-4-3-5-11-21)12-9-19(26)20-17(22)7-6-8-18(20)23/h6-8H,2-5,9-16,23H2,1H3. The molecule has 29 heavy (non-hydrogen) atoms. The summed E-state index contributed by atoms with van der Waals surface area (Å²) in [6.07, 6.45) is 6.79. The van der Waals surface area contributed by atoms with Gasteiger partial charge in [0.05, 0.1) is 16.3 Å². The van der Waals surface area contributed by atoms with E-state index in [1.165, 1.54) is 6.42 Å². The number of rotatable bonds is 7. The minimum absolute atomic E-state index is 0.00903. The second-order valence-corrected chi connectivity index (χ2v) is 10.9. The number of carbonyl (C=O) groups is 1. The molecule has 2 N–H and O–H groups in total. The highest BCUT2D eigenvalue weighted by Gasteiger charge is 2.40. The van der Waals surface area contributed by atoms with Crippen molar-refractivity contribution in [1.29, 1.82) is 0 Å². The summed E-state index contributed by atoms with van der Waals surface area (Å²) >= 11 is 6.23. The fourth-order valence-electron chi connectivity index (χ4n) is 4.86. The van der Waals surface area contributed by atoms with Crippen LogP contribution < -0.4 is 5.73 Å². The Hall–Kier alpha value is -1.15. The molecule has 1 heterocycles. The quantitative estimate of drug-likeness (QED) is 0.516. The lowest BCUT2D eigenvalue weighted by Gasteiger charge is -2.50. The summed E-state index contributed by atoms with van der Waals surface area (Å²) in [6, 6.07) is 5.17. The van der Waals surface area contributed by atoms with Crippen LogP contribution in [0.3, 0.4) is 0 Å². The van der Waals surface area contributed by atoms with Crippen LogP contribution in [0.15, 0.2) is 18.2 Å². The molecule has 0 spiro atoms. The molecule has 0 bridgehead atoms. The van der Waals surface area contributed by atoms with Crippen LogP contribution >= 0.6 is 11.6 Å². The van der Waals surface area contributed by atoms with Crippen LogP contribution in [0.2, 0.25) is 5.02 Å². The molecule has 6 nitrogen and oxygen atoms in total. The molecule has 1 aliphatic carbocycles. The molecule has 1 saturated heterocycles. The van der Waals surface area contributed by atoms with Crippen LogP contribution in [-0.4, -0.2) is 60.9 Å². The molecule has 3 rings (SSSR count). The molecular weight excluding hydrogens is 410 g/mol. The number of nitrogen functional groups attached to an aromatic ring is 1. The van der Waals surface area contributed by atoms with Crippen molar-refractivity contribution in [2.24, 2.45) is 0 Å². The Balaban J connectivity index is 1.71. The van der Waals surface area contributed by atoms with E-state index in [2.05, 4.69) is 4.90 Å². The molecule has 0 atom stereocenters. The van der Waals surface area contributed by atoms with Crippen molar-refractivity contribution >= 4 is 33.1 Å². The number of hydrogen-bond acceptors (Lipinski definition) is 5. The van der Waals surface area contributed by atoms with E-state index < -0.39 is 10.0 Å². The number of nitrogens with two attached hydrogens (primary N) is 1. The van der Waals surface area contributed by atoms with Crippen LogP contribution in [-0.2, 0) is 10.0 Å². The maximum absolute atomic E-state index is 12.9. The van der Waals surface area contributed by atoms with Gasteiger partial charge in [0.2, 0.25) is 10.0 Å². The zero-order valence-electron chi connectivity index (χ0n) is 17.2. The van der Waals surface area contributed by atoms with Gasteiger partial charge in [0.25, 0.3) is 0 Å². The highest BCUT2D eigenvalue weighted by molar-refractivity contribution is 7.89. The second-order valence-electron chi connectivity index (χ2n) is 8.20. The Kier molecular flexibility index (Phi) is 7.25. The van der Waals surface area contributed by atoms with Gasteiger partial charge in [0, 0.05) is 43.8 Å². The van der Waals surface area contributed by atoms with Crippen LogP contribution in [0.25, 0.3) is 0 Å². The van der Waals surface area contributed by atoms with Gasteiger partial charge < -0.3 is 5.73 Å². The van der Waals surface area contributed by atoms with Gasteiger partial charge in [-0.3, -0.25) is 9.69 Å². The highest BCUT2D eigenvalue weighted by atomic mass is 35.5. The predicted octanol–water partition coefficient (Wildman–Crippen LogP) is 3.56. The molecule has 1 aliphatic heterocycles. The van der Waals surface area contributed by atoms with Crippen molar-refractivity contribution in [1.82, 2.24) is 9.21 Å². The van der Waals surface area contributed by atoms with E-state index in [0.29, 0.717) is 35.8 Å². The highest BCUT2D eigenvalue weighted by Crippen LogP contribution is 2.39. The lowest BCUT2D eigenvalue weighted by Crippen LogP contribution is -2.58. The zero-order valence-corrected chi connectivity index (χ0v) is 18.8. The number of sulfonamides is 1. The van der Waals surface area contributed by atoms with Gasteiger partial charge >= 0.3 is 0 Å². The number of nitrogens with zero attached hydrogens (tertiary/aromatic N) is 2. The maximum Gasteiger partial charge on any atom is 0.213 e. The fourth-order valence-corrected chi connectivity index (χ4v) is 6.24. The first-order valence-electron chi connectivity index (χ1n) is 10.6. The molecule has 0 aromatic heterocycles. The molecule has 2 aliphatic rings. The lowest BCUT2D eigenvalue weighted by atomic mass is 9.76. The van der Waals surface area contributed by atoms with Crippen molar-refractivity contribution in [2.75, 3.05) is 37.7 Å². The van der Waals surface area contributed by atoms with Crippen molar-refractivity contribution in [3.63, 3.8) is 0 Å². The number of ketones is 1. The summed E-state index contributed by atoms with van der Waals surface area (Å²) in [7, 11) is -3.14. The first-order chi connectivity index (χ1) is 13.8. The molecule has 2 fully saturated rings. The zero-order chi connectivity index (χ0) is 21.1. The monoisotopic (exact) mass is 441 g/mol. The third kappa shape index (κ3) is 4.95. The lowest BCUT2D eigenvalue weighted by molar-refractivity contribution is 0.0166. The molecule has 0 radical (unpaired) electrons. The van der Waals surface area contributed by atoms with Crippen molar-refractivity contribution < 1.29 is 13.2 Å². The molecule has 1 aromatic carbocycles. The largest absolute Gasteiger partial charge is 0.398 e. The SMILES string of the molecule is CCS(=O)(=O)N1CCN(C2(CCC(=O)c3c(N)cccc3Cl)CCCCC2)CC1. The van der Waals surface area contributed by atoms with Gasteiger partial charge in [-0.25, -0.2) is 8.42 Å². The van der Waals surface area contributed by atoms with E-state index in [1.807, 2.05) is 0 Å². The molecule has 0 amide bonds. The second kappa shape index (κ2) is 9.33. The minimum Gasteiger partial charge on any atom is -0.398 e. The van der Waals surface area contributed by atoms with E-state index in [-0.39, 0.29) is 17.1 Å². The van der Waals surface area contributed by atoms with Gasteiger partial charge in [0.15, 0.2) is 5.78 Å². The minimum atomic E-state index is -3.14. The Labute approximate surface area is 179 Å². The van der Waals surface area contributed by atoms with Crippen molar-refractivity contribution in [2.45, 2.75) is 57.4 Å². The van der Waals surface area contributed by atoms with Gasteiger partial charge in [-0.15, -0.1) is 0 Å². The van der Waals surface area contributed by atoms with Crippen LogP contribution in [0.5, 0.6) is 0 Å². The summed E-state index contributed by atoms with van der Waals surface area (Å²) in [4.78, 5) is 15.3. The normalized spacial score (nSPS) is 21.2. The first-order valence-corrected chi connectivity index (χ1v) is 12.6. The summed E-state index contributed by atoms with van der Waals surface area (Å²) in [6.45, 7) is 4.20. The Bertz CT molecular complexity index is 809. The summed E-state index contributed by atoms with van der Waals surface area (Å²) < 4.78 is 26.0. The third-order valence-corrected chi connectivity index (χ3v) is 8.79. The van der Waals surface area contributed by atoms with Gasteiger partial charge in [-0.2, -0.15) is 4.31 Å². The van der Waals surface area contributed by atoms with Crippen LogP contribution in [0, 0.1) is 0 Å². The van der Waals surface area contributed by atoms with Crippen molar-refractivity contribution in [3.05, 3.63) is 28.8 Å². The van der Waals surface area contributed by atoms with Crippen LogP contribution in [0.1, 0.15) is 62.2 Å². The number of Topliss-reactive ketones (excluding diaryl/α,β-unsaturated/α-hetero) is 1. The van der Waals surface area contributed by atoms with Gasteiger partial charge in [-0.1, -0.05) is 36.9 Å². The molecule has 8 heteroatoms. The number of piperazine rings is 1. The topological polar surface area (TPSA) is 83.7 Å². The smallest absolute Gasteiger partial charge is 0.213 e. The number of benzene rings is 1. The van der Waals surface area contributed by atoms with Crippen LogP contribution in [0.4, 0.5) is 5.69 Å². The number of carbonyl (C=O) groups excluding carboxylic acids is 1. The maximum atomic E-state index is 12.9. The molecule has 0 unspecified atom stereocenters. The van der Waals surface area contributed by atoms with Crippen molar-refractivity contribution in [3.8, 4) is 0 Å². The van der Waals surface area contributed by atoms with E-state index in [4.69, 9.17) is 17.3 Å². The first kappa shape index (κ1) is 22.5. The van der Waals surface area contributed by atoms with E-state index in [9.17, 15) is 13.2 Å². The van der Waals surface area contributed by atoms with E-state index >= 15 is 0 Å².